The standard InChI is InChI=1S/C18H28N8/c1-2-26-16(13-24-9-3-4-10-24)22-23-17(26)14-6-11-25(12-7-14)15-5-8-20-18(19)21-15/h5,8,14H,2-4,6-7,9-13H2,1H3,(H2,19,20,21). The van der Waals surface area contributed by atoms with Gasteiger partial charge in [-0.25, -0.2) is 4.98 Å². The van der Waals surface area contributed by atoms with Gasteiger partial charge in [-0.2, -0.15) is 4.98 Å². The molecule has 140 valence electrons. The molecule has 8 nitrogen and oxygen atoms in total. The summed E-state index contributed by atoms with van der Waals surface area (Å²) in [6.07, 6.45) is 6.46. The highest BCUT2D eigenvalue weighted by molar-refractivity contribution is 5.41. The highest BCUT2D eigenvalue weighted by Crippen LogP contribution is 2.29. The van der Waals surface area contributed by atoms with Crippen molar-refractivity contribution in [3.05, 3.63) is 23.9 Å². The zero-order chi connectivity index (χ0) is 17.9. The van der Waals surface area contributed by atoms with Crippen LogP contribution in [0.25, 0.3) is 0 Å². The molecule has 0 atom stereocenters. The maximum absolute atomic E-state index is 5.72. The van der Waals surface area contributed by atoms with Gasteiger partial charge < -0.3 is 15.2 Å². The minimum Gasteiger partial charge on any atom is -0.368 e. The second kappa shape index (κ2) is 7.57. The van der Waals surface area contributed by atoms with Crippen molar-refractivity contribution in [3.63, 3.8) is 0 Å². The van der Waals surface area contributed by atoms with Crippen LogP contribution in [0.5, 0.6) is 0 Å². The molecular weight excluding hydrogens is 328 g/mol. The Morgan fingerprint density at radius 3 is 2.58 bits per heavy atom. The summed E-state index contributed by atoms with van der Waals surface area (Å²) in [6, 6.07) is 1.93. The van der Waals surface area contributed by atoms with Crippen LogP contribution in [0.4, 0.5) is 11.8 Å². The minimum absolute atomic E-state index is 0.335. The van der Waals surface area contributed by atoms with Gasteiger partial charge in [-0.15, -0.1) is 10.2 Å². The Morgan fingerprint density at radius 2 is 1.88 bits per heavy atom. The van der Waals surface area contributed by atoms with E-state index in [2.05, 4.69) is 41.5 Å². The lowest BCUT2D eigenvalue weighted by Crippen LogP contribution is -2.34. The topological polar surface area (TPSA) is 89.0 Å². The van der Waals surface area contributed by atoms with Crippen molar-refractivity contribution < 1.29 is 0 Å². The Kier molecular flexibility index (Phi) is 5.01. The molecule has 2 fully saturated rings. The van der Waals surface area contributed by atoms with Crippen molar-refractivity contribution in [1.82, 2.24) is 29.6 Å². The van der Waals surface area contributed by atoms with E-state index in [0.717, 1.165) is 56.5 Å². The summed E-state index contributed by atoms with van der Waals surface area (Å²) in [6.45, 7) is 8.35. The van der Waals surface area contributed by atoms with E-state index in [-0.39, 0.29) is 0 Å². The molecule has 4 heterocycles. The molecule has 2 saturated heterocycles. The van der Waals surface area contributed by atoms with E-state index in [0.29, 0.717) is 11.9 Å². The molecule has 0 amide bonds. The molecule has 4 rings (SSSR count). The molecule has 2 aliphatic rings. The number of hydrogen-bond acceptors (Lipinski definition) is 7. The molecule has 2 N–H and O–H groups in total. The molecule has 0 saturated carbocycles. The first-order valence-electron chi connectivity index (χ1n) is 9.72. The maximum atomic E-state index is 5.72. The fraction of sp³-hybridized carbons (Fsp3) is 0.667. The smallest absolute Gasteiger partial charge is 0.221 e. The molecule has 0 bridgehead atoms. The van der Waals surface area contributed by atoms with Crippen molar-refractivity contribution in [1.29, 1.82) is 0 Å². The molecule has 0 spiro atoms. The number of hydrogen-bond donors (Lipinski definition) is 1. The van der Waals surface area contributed by atoms with E-state index in [9.17, 15) is 0 Å². The van der Waals surface area contributed by atoms with E-state index in [1.54, 1.807) is 6.20 Å². The Hall–Kier alpha value is -2.22. The molecule has 0 radical (unpaired) electrons. The predicted octanol–water partition coefficient (Wildman–Crippen LogP) is 1.65. The van der Waals surface area contributed by atoms with E-state index in [4.69, 9.17) is 5.73 Å². The zero-order valence-corrected chi connectivity index (χ0v) is 15.5. The minimum atomic E-state index is 0.335. The van der Waals surface area contributed by atoms with Gasteiger partial charge in [0, 0.05) is 31.7 Å². The fourth-order valence-corrected chi connectivity index (χ4v) is 4.16. The fourth-order valence-electron chi connectivity index (χ4n) is 4.16. The van der Waals surface area contributed by atoms with Gasteiger partial charge in [0.25, 0.3) is 0 Å². The molecular formula is C18H28N8. The number of rotatable bonds is 5. The maximum Gasteiger partial charge on any atom is 0.221 e. The van der Waals surface area contributed by atoms with Gasteiger partial charge in [0.2, 0.25) is 5.95 Å². The van der Waals surface area contributed by atoms with Crippen LogP contribution in [-0.2, 0) is 13.1 Å². The number of nitrogens with zero attached hydrogens (tertiary/aromatic N) is 7. The number of nitrogen functional groups attached to an aromatic ring is 1. The quantitative estimate of drug-likeness (QED) is 0.871. The van der Waals surface area contributed by atoms with Gasteiger partial charge in [0.05, 0.1) is 6.54 Å². The highest BCUT2D eigenvalue weighted by Gasteiger charge is 2.27. The van der Waals surface area contributed by atoms with Crippen molar-refractivity contribution >= 4 is 11.8 Å². The molecule has 26 heavy (non-hydrogen) atoms. The van der Waals surface area contributed by atoms with Crippen LogP contribution in [0.15, 0.2) is 12.3 Å². The third kappa shape index (κ3) is 3.51. The van der Waals surface area contributed by atoms with Crippen molar-refractivity contribution in [2.45, 2.75) is 51.6 Å². The molecule has 2 aliphatic heterocycles. The molecule has 0 unspecified atom stereocenters. The SMILES string of the molecule is CCn1c(CN2CCCC2)nnc1C1CCN(c2ccnc(N)n2)CC1. The molecule has 0 aromatic carbocycles. The molecule has 8 heteroatoms. The van der Waals surface area contributed by atoms with Crippen LogP contribution in [-0.4, -0.2) is 55.8 Å². The Balaban J connectivity index is 1.43. The lowest BCUT2D eigenvalue weighted by Gasteiger charge is -2.32. The van der Waals surface area contributed by atoms with E-state index < -0.39 is 0 Å². The van der Waals surface area contributed by atoms with Crippen LogP contribution in [0.2, 0.25) is 0 Å². The Labute approximate surface area is 154 Å². The number of piperidine rings is 1. The van der Waals surface area contributed by atoms with Crippen LogP contribution >= 0.6 is 0 Å². The van der Waals surface area contributed by atoms with Gasteiger partial charge in [-0.3, -0.25) is 4.90 Å². The monoisotopic (exact) mass is 356 g/mol. The van der Waals surface area contributed by atoms with Gasteiger partial charge in [0.15, 0.2) is 0 Å². The van der Waals surface area contributed by atoms with Crippen molar-refractivity contribution in [2.75, 3.05) is 36.8 Å². The molecule has 2 aromatic rings. The van der Waals surface area contributed by atoms with Gasteiger partial charge in [-0.05, 0) is 51.8 Å². The summed E-state index contributed by atoms with van der Waals surface area (Å²) in [5, 5.41) is 9.12. The molecule has 0 aliphatic carbocycles. The second-order valence-electron chi connectivity index (χ2n) is 7.24. The Bertz CT molecular complexity index is 729. The summed E-state index contributed by atoms with van der Waals surface area (Å²) in [5.74, 6) is 3.99. The van der Waals surface area contributed by atoms with Crippen LogP contribution in [0, 0.1) is 0 Å². The van der Waals surface area contributed by atoms with Gasteiger partial charge in [0.1, 0.15) is 17.5 Å². The van der Waals surface area contributed by atoms with Crippen molar-refractivity contribution in [2.24, 2.45) is 0 Å². The zero-order valence-electron chi connectivity index (χ0n) is 15.5. The van der Waals surface area contributed by atoms with Gasteiger partial charge in [-0.1, -0.05) is 0 Å². The summed E-state index contributed by atoms with van der Waals surface area (Å²) < 4.78 is 2.33. The van der Waals surface area contributed by atoms with Gasteiger partial charge >= 0.3 is 0 Å². The van der Waals surface area contributed by atoms with E-state index in [1.807, 2.05) is 6.07 Å². The first-order chi connectivity index (χ1) is 12.7. The van der Waals surface area contributed by atoms with Crippen LogP contribution in [0.1, 0.15) is 50.2 Å². The largest absolute Gasteiger partial charge is 0.368 e. The lowest BCUT2D eigenvalue weighted by molar-refractivity contribution is 0.315. The summed E-state index contributed by atoms with van der Waals surface area (Å²) in [7, 11) is 0. The summed E-state index contributed by atoms with van der Waals surface area (Å²) in [4.78, 5) is 13.1. The summed E-state index contributed by atoms with van der Waals surface area (Å²) >= 11 is 0. The second-order valence-corrected chi connectivity index (χ2v) is 7.24. The number of nitrogens with two attached hydrogens (primary N) is 1. The van der Waals surface area contributed by atoms with E-state index >= 15 is 0 Å². The lowest BCUT2D eigenvalue weighted by atomic mass is 9.96. The Morgan fingerprint density at radius 1 is 1.12 bits per heavy atom. The first-order valence-corrected chi connectivity index (χ1v) is 9.72. The third-order valence-electron chi connectivity index (χ3n) is 5.58. The van der Waals surface area contributed by atoms with Crippen LogP contribution < -0.4 is 10.6 Å². The predicted molar refractivity (Wildman–Crippen MR) is 101 cm³/mol. The highest BCUT2D eigenvalue weighted by atomic mass is 15.3. The number of aromatic nitrogens is 5. The first kappa shape index (κ1) is 17.2. The number of anilines is 2. The van der Waals surface area contributed by atoms with E-state index in [1.165, 1.54) is 25.9 Å². The van der Waals surface area contributed by atoms with Crippen molar-refractivity contribution in [3.8, 4) is 0 Å². The average molecular weight is 356 g/mol. The molecule has 2 aromatic heterocycles. The average Bonchev–Trinajstić information content (AvgIpc) is 3.32. The van der Waals surface area contributed by atoms with Crippen LogP contribution in [0.3, 0.4) is 0 Å². The third-order valence-corrected chi connectivity index (χ3v) is 5.58. The summed E-state index contributed by atoms with van der Waals surface area (Å²) in [5.41, 5.74) is 5.72. The normalized spacial score (nSPS) is 19.3. The number of likely N-dealkylation sites (tertiary alicyclic amines) is 1.